The molecule has 2 nitrogen and oxygen atoms in total. The summed E-state index contributed by atoms with van der Waals surface area (Å²) in [6.45, 7) is 4.61. The molecule has 0 aromatic carbocycles. The molecule has 0 spiro atoms. The van der Waals surface area contributed by atoms with E-state index in [0.717, 1.165) is 18.8 Å². The van der Waals surface area contributed by atoms with E-state index >= 15 is 0 Å². The van der Waals surface area contributed by atoms with Crippen molar-refractivity contribution in [3.63, 3.8) is 0 Å². The zero-order valence-electron chi connectivity index (χ0n) is 17.3. The number of carbonyl (C=O) groups is 1. The molecule has 1 fully saturated rings. The van der Waals surface area contributed by atoms with Crippen LogP contribution in [0.4, 0.5) is 0 Å². The first-order valence-electron chi connectivity index (χ1n) is 11.5. The van der Waals surface area contributed by atoms with Crippen molar-refractivity contribution in [1.29, 1.82) is 0 Å². The lowest BCUT2D eigenvalue weighted by molar-refractivity contribution is -0.122. The Labute approximate surface area is 157 Å². The summed E-state index contributed by atoms with van der Waals surface area (Å²) in [6.07, 6.45) is 23.4. The lowest BCUT2D eigenvalue weighted by Crippen LogP contribution is -2.37. The molecule has 25 heavy (non-hydrogen) atoms. The minimum absolute atomic E-state index is 0.294. The van der Waals surface area contributed by atoms with Gasteiger partial charge in [0.25, 0.3) is 0 Å². The molecule has 0 atom stereocenters. The third kappa shape index (κ3) is 13.3. The summed E-state index contributed by atoms with van der Waals surface area (Å²) >= 11 is 0. The maximum atomic E-state index is 12.0. The van der Waals surface area contributed by atoms with Crippen LogP contribution in [0.15, 0.2) is 0 Å². The van der Waals surface area contributed by atoms with Gasteiger partial charge in [0.05, 0.1) is 0 Å². The molecule has 1 aliphatic rings. The molecule has 0 aliphatic heterocycles. The number of hydrogen-bond acceptors (Lipinski definition) is 1. The van der Waals surface area contributed by atoms with E-state index in [2.05, 4.69) is 19.2 Å². The third-order valence-electron chi connectivity index (χ3n) is 5.89. The Morgan fingerprint density at radius 3 is 1.64 bits per heavy atom. The Balaban J connectivity index is 1.78. The molecule has 0 saturated heterocycles. The maximum absolute atomic E-state index is 12.0. The van der Waals surface area contributed by atoms with Crippen molar-refractivity contribution in [2.75, 3.05) is 0 Å². The van der Waals surface area contributed by atoms with Crippen LogP contribution in [0.2, 0.25) is 0 Å². The van der Waals surface area contributed by atoms with Crippen molar-refractivity contribution in [3.8, 4) is 0 Å². The molecule has 0 radical (unpaired) electrons. The molecule has 0 heterocycles. The van der Waals surface area contributed by atoms with Gasteiger partial charge in [-0.3, -0.25) is 4.79 Å². The van der Waals surface area contributed by atoms with Gasteiger partial charge in [0, 0.05) is 12.5 Å². The Hall–Kier alpha value is -0.530. The van der Waals surface area contributed by atoms with Crippen LogP contribution in [0.5, 0.6) is 0 Å². The van der Waals surface area contributed by atoms with Crippen LogP contribution < -0.4 is 5.32 Å². The first-order valence-corrected chi connectivity index (χ1v) is 11.5. The van der Waals surface area contributed by atoms with E-state index in [-0.39, 0.29) is 0 Å². The average Bonchev–Trinajstić information content (AvgIpc) is 2.61. The lowest BCUT2D eigenvalue weighted by Gasteiger charge is -2.26. The van der Waals surface area contributed by atoms with Crippen LogP contribution in [-0.2, 0) is 4.79 Å². The number of hydrogen-bond donors (Lipinski definition) is 1. The van der Waals surface area contributed by atoms with Gasteiger partial charge in [-0.15, -0.1) is 0 Å². The highest BCUT2D eigenvalue weighted by atomic mass is 16.1. The summed E-state index contributed by atoms with van der Waals surface area (Å²) in [4.78, 5) is 12.0. The summed E-state index contributed by atoms with van der Waals surface area (Å²) in [5.74, 6) is 1.15. The Morgan fingerprint density at radius 1 is 0.720 bits per heavy atom. The first-order chi connectivity index (χ1) is 12.2. The van der Waals surface area contributed by atoms with Gasteiger partial charge in [-0.1, -0.05) is 90.9 Å². The van der Waals surface area contributed by atoms with Crippen molar-refractivity contribution in [1.82, 2.24) is 5.32 Å². The quantitative estimate of drug-likeness (QED) is 0.311. The van der Waals surface area contributed by atoms with Crippen molar-refractivity contribution < 1.29 is 4.79 Å². The van der Waals surface area contributed by atoms with Crippen molar-refractivity contribution in [3.05, 3.63) is 0 Å². The van der Waals surface area contributed by atoms with Gasteiger partial charge in [0.2, 0.25) is 5.91 Å². The van der Waals surface area contributed by atoms with Crippen LogP contribution >= 0.6 is 0 Å². The summed E-state index contributed by atoms with van der Waals surface area (Å²) in [5, 5.41) is 3.24. The predicted molar refractivity (Wildman–Crippen MR) is 110 cm³/mol. The molecule has 1 saturated carbocycles. The monoisotopic (exact) mass is 351 g/mol. The number of nitrogens with one attached hydrogen (secondary N) is 1. The van der Waals surface area contributed by atoms with Crippen molar-refractivity contribution >= 4 is 5.91 Å². The molecule has 1 rings (SSSR count). The first kappa shape index (κ1) is 22.5. The highest BCUT2D eigenvalue weighted by molar-refractivity contribution is 5.76. The van der Waals surface area contributed by atoms with Crippen molar-refractivity contribution in [2.45, 2.75) is 135 Å². The molecule has 1 N–H and O–H groups in total. The van der Waals surface area contributed by atoms with Crippen LogP contribution in [-0.4, -0.2) is 11.9 Å². The fourth-order valence-corrected chi connectivity index (χ4v) is 4.01. The normalized spacial score (nSPS) is 20.6. The fraction of sp³-hybridized carbons (Fsp3) is 0.957. The van der Waals surface area contributed by atoms with Gasteiger partial charge >= 0.3 is 0 Å². The molecule has 0 aromatic rings. The average molecular weight is 352 g/mol. The van der Waals surface area contributed by atoms with Crippen molar-refractivity contribution in [2.24, 2.45) is 5.92 Å². The van der Waals surface area contributed by atoms with Gasteiger partial charge in [0.1, 0.15) is 0 Å². The molecule has 1 aliphatic carbocycles. The predicted octanol–water partition coefficient (Wildman–Crippen LogP) is 7.16. The van der Waals surface area contributed by atoms with Crippen LogP contribution in [0.25, 0.3) is 0 Å². The molecule has 0 aromatic heterocycles. The molecule has 0 unspecified atom stereocenters. The van der Waals surface area contributed by atoms with Gasteiger partial charge in [0.15, 0.2) is 0 Å². The zero-order chi connectivity index (χ0) is 18.2. The standard InChI is InChI=1S/C23H45NO/c1-3-4-5-6-7-8-9-10-11-12-13-14-15-16-23(25)24-22-19-17-21(2)18-20-22/h21-22H,3-20H2,1-2H3,(H,24,25). The number of carbonyl (C=O) groups excluding carboxylic acids is 1. The highest BCUT2D eigenvalue weighted by Gasteiger charge is 2.19. The topological polar surface area (TPSA) is 29.1 Å². The number of unbranched alkanes of at least 4 members (excludes halogenated alkanes) is 12. The van der Waals surface area contributed by atoms with Gasteiger partial charge in [-0.25, -0.2) is 0 Å². The van der Waals surface area contributed by atoms with E-state index < -0.39 is 0 Å². The van der Waals surface area contributed by atoms with Gasteiger partial charge in [-0.2, -0.15) is 0 Å². The van der Waals surface area contributed by atoms with Crippen LogP contribution in [0.3, 0.4) is 0 Å². The number of amides is 1. The minimum atomic E-state index is 0.294. The molecule has 0 bridgehead atoms. The second kappa shape index (κ2) is 15.7. The molecular weight excluding hydrogens is 306 g/mol. The Kier molecular flexibility index (Phi) is 14.1. The SMILES string of the molecule is CCCCCCCCCCCCCCCC(=O)NC1CCC(C)CC1. The van der Waals surface area contributed by atoms with E-state index in [9.17, 15) is 4.79 Å². The van der Waals surface area contributed by atoms with Gasteiger partial charge < -0.3 is 5.32 Å². The van der Waals surface area contributed by atoms with Crippen LogP contribution in [0, 0.1) is 5.92 Å². The Morgan fingerprint density at radius 2 is 1.16 bits per heavy atom. The Bertz CT molecular complexity index is 307. The summed E-state index contributed by atoms with van der Waals surface area (Å²) < 4.78 is 0. The highest BCUT2D eigenvalue weighted by Crippen LogP contribution is 2.23. The van der Waals surface area contributed by atoms with E-state index in [4.69, 9.17) is 0 Å². The summed E-state index contributed by atoms with van der Waals surface area (Å²) in [6, 6.07) is 0.464. The zero-order valence-corrected chi connectivity index (χ0v) is 17.3. The summed E-state index contributed by atoms with van der Waals surface area (Å²) in [7, 11) is 0. The van der Waals surface area contributed by atoms with E-state index in [0.29, 0.717) is 11.9 Å². The van der Waals surface area contributed by atoms with E-state index in [1.165, 1.54) is 103 Å². The molecule has 2 heteroatoms. The van der Waals surface area contributed by atoms with Crippen LogP contribution in [0.1, 0.15) is 129 Å². The molecule has 148 valence electrons. The maximum Gasteiger partial charge on any atom is 0.220 e. The second-order valence-corrected chi connectivity index (χ2v) is 8.52. The van der Waals surface area contributed by atoms with Gasteiger partial charge in [-0.05, 0) is 38.0 Å². The molecular formula is C23H45NO. The molecule has 1 amide bonds. The second-order valence-electron chi connectivity index (χ2n) is 8.52. The summed E-state index contributed by atoms with van der Waals surface area (Å²) in [5.41, 5.74) is 0. The smallest absolute Gasteiger partial charge is 0.220 e. The minimum Gasteiger partial charge on any atom is -0.353 e. The van der Waals surface area contributed by atoms with E-state index in [1.54, 1.807) is 0 Å². The number of rotatable bonds is 15. The lowest BCUT2D eigenvalue weighted by atomic mass is 9.87. The van der Waals surface area contributed by atoms with E-state index in [1.807, 2.05) is 0 Å². The largest absolute Gasteiger partial charge is 0.353 e. The fourth-order valence-electron chi connectivity index (χ4n) is 4.01. The third-order valence-corrected chi connectivity index (χ3v) is 5.89.